The van der Waals surface area contributed by atoms with E-state index in [9.17, 15) is 9.90 Å². The quantitative estimate of drug-likeness (QED) is 0.543. The van der Waals surface area contributed by atoms with Gasteiger partial charge in [0.1, 0.15) is 5.60 Å². The SMILES string of the molecule is C#CCCN/C(CO)=C1/CN(C(=O)OC(C)(C)C)CCC1=N. The molecule has 0 aliphatic carbocycles. The van der Waals surface area contributed by atoms with Crippen molar-refractivity contribution in [3.63, 3.8) is 0 Å². The Morgan fingerprint density at radius 2 is 2.23 bits per heavy atom. The second-order valence-corrected chi connectivity index (χ2v) is 6.13. The van der Waals surface area contributed by atoms with Gasteiger partial charge in [-0.15, -0.1) is 12.3 Å². The highest BCUT2D eigenvalue weighted by molar-refractivity contribution is 6.00. The van der Waals surface area contributed by atoms with Crippen LogP contribution in [-0.2, 0) is 4.74 Å². The fourth-order valence-electron chi connectivity index (χ4n) is 2.07. The van der Waals surface area contributed by atoms with Crippen molar-refractivity contribution in [1.29, 1.82) is 5.41 Å². The van der Waals surface area contributed by atoms with Crippen molar-refractivity contribution in [3.8, 4) is 12.3 Å². The third-order valence-electron chi connectivity index (χ3n) is 3.13. The van der Waals surface area contributed by atoms with Crippen LogP contribution in [0.5, 0.6) is 0 Å². The molecule has 0 radical (unpaired) electrons. The number of aliphatic hydroxyl groups is 1. The standard InChI is InChI=1S/C16H25N3O3/c1-5-6-8-18-14(11-20)12-10-19(9-7-13(12)17)15(21)22-16(2,3)4/h1,17-18,20H,6-11H2,2-4H3/b14-12-,17-13?. The molecule has 22 heavy (non-hydrogen) atoms. The maximum Gasteiger partial charge on any atom is 0.410 e. The number of nitrogens with zero attached hydrogens (tertiary/aromatic N) is 1. The molecule has 1 amide bonds. The van der Waals surface area contributed by atoms with E-state index in [1.54, 1.807) is 4.90 Å². The number of amides is 1. The molecule has 6 heteroatoms. The van der Waals surface area contributed by atoms with Crippen LogP contribution < -0.4 is 5.32 Å². The molecule has 0 unspecified atom stereocenters. The summed E-state index contributed by atoms with van der Waals surface area (Å²) in [5, 5.41) is 20.6. The lowest BCUT2D eigenvalue weighted by atomic mass is 10.0. The summed E-state index contributed by atoms with van der Waals surface area (Å²) in [6, 6.07) is 0. The minimum atomic E-state index is -0.559. The number of carbonyl (C=O) groups excluding carboxylic acids is 1. The van der Waals surface area contributed by atoms with Gasteiger partial charge in [0.05, 0.1) is 13.2 Å². The fraction of sp³-hybridized carbons (Fsp3) is 0.625. The number of ether oxygens (including phenoxy) is 1. The number of hydrogen-bond acceptors (Lipinski definition) is 5. The molecule has 0 aromatic carbocycles. The molecule has 0 aromatic heterocycles. The van der Waals surface area contributed by atoms with Crippen LogP contribution in [0.3, 0.4) is 0 Å². The van der Waals surface area contributed by atoms with E-state index < -0.39 is 11.7 Å². The number of terminal acetylenes is 1. The van der Waals surface area contributed by atoms with Crippen LogP contribution >= 0.6 is 0 Å². The molecule has 6 nitrogen and oxygen atoms in total. The van der Waals surface area contributed by atoms with Gasteiger partial charge in [0.2, 0.25) is 0 Å². The van der Waals surface area contributed by atoms with Crippen LogP contribution in [0.15, 0.2) is 11.3 Å². The van der Waals surface area contributed by atoms with Crippen LogP contribution in [0.1, 0.15) is 33.6 Å². The van der Waals surface area contributed by atoms with Crippen molar-refractivity contribution in [1.82, 2.24) is 10.2 Å². The van der Waals surface area contributed by atoms with E-state index in [0.29, 0.717) is 42.9 Å². The van der Waals surface area contributed by atoms with Crippen molar-refractivity contribution in [2.45, 2.75) is 39.2 Å². The summed E-state index contributed by atoms with van der Waals surface area (Å²) in [6.45, 7) is 6.45. The zero-order chi connectivity index (χ0) is 16.8. The number of piperidine rings is 1. The van der Waals surface area contributed by atoms with Crippen molar-refractivity contribution in [3.05, 3.63) is 11.3 Å². The molecule has 1 saturated heterocycles. The van der Waals surface area contributed by atoms with Crippen molar-refractivity contribution in [2.24, 2.45) is 0 Å². The van der Waals surface area contributed by atoms with E-state index >= 15 is 0 Å². The molecule has 0 bridgehead atoms. The Morgan fingerprint density at radius 3 is 2.77 bits per heavy atom. The molecule has 0 spiro atoms. The topological polar surface area (TPSA) is 85.7 Å². The predicted octanol–water partition coefficient (Wildman–Crippen LogP) is 1.51. The number of nitrogens with one attached hydrogen (secondary N) is 2. The van der Waals surface area contributed by atoms with Crippen LogP contribution in [0.4, 0.5) is 4.79 Å². The maximum atomic E-state index is 12.1. The van der Waals surface area contributed by atoms with Gasteiger partial charge in [-0.05, 0) is 20.8 Å². The molecule has 1 fully saturated rings. The highest BCUT2D eigenvalue weighted by Crippen LogP contribution is 2.18. The highest BCUT2D eigenvalue weighted by atomic mass is 16.6. The lowest BCUT2D eigenvalue weighted by Crippen LogP contribution is -2.44. The Hall–Kier alpha value is -2.00. The first kappa shape index (κ1) is 18.1. The van der Waals surface area contributed by atoms with Crippen LogP contribution in [-0.4, -0.2) is 53.7 Å². The summed E-state index contributed by atoms with van der Waals surface area (Å²) >= 11 is 0. The average molecular weight is 307 g/mol. The summed E-state index contributed by atoms with van der Waals surface area (Å²) in [6.07, 6.45) is 5.77. The zero-order valence-corrected chi connectivity index (χ0v) is 13.5. The minimum absolute atomic E-state index is 0.218. The van der Waals surface area contributed by atoms with Gasteiger partial charge >= 0.3 is 6.09 Å². The van der Waals surface area contributed by atoms with Crippen molar-refractivity contribution in [2.75, 3.05) is 26.2 Å². The third kappa shape index (κ3) is 5.41. The first-order valence-corrected chi connectivity index (χ1v) is 7.34. The summed E-state index contributed by atoms with van der Waals surface area (Å²) in [5.41, 5.74) is 1.05. The second kappa shape index (κ2) is 7.85. The summed E-state index contributed by atoms with van der Waals surface area (Å²) < 4.78 is 5.36. The van der Waals surface area contributed by atoms with Gasteiger partial charge in [-0.2, -0.15) is 0 Å². The molecule has 0 atom stereocenters. The Kier molecular flexibility index (Phi) is 6.44. The molecule has 1 aliphatic heterocycles. The molecule has 122 valence electrons. The molecule has 0 aromatic rings. The van der Waals surface area contributed by atoms with E-state index in [0.717, 1.165) is 0 Å². The fourth-order valence-corrected chi connectivity index (χ4v) is 2.07. The van der Waals surface area contributed by atoms with Gasteiger partial charge in [-0.3, -0.25) is 0 Å². The monoisotopic (exact) mass is 307 g/mol. The molecule has 3 N–H and O–H groups in total. The van der Waals surface area contributed by atoms with E-state index in [1.165, 1.54) is 0 Å². The van der Waals surface area contributed by atoms with E-state index in [2.05, 4.69) is 11.2 Å². The van der Waals surface area contributed by atoms with Crippen molar-refractivity contribution >= 4 is 11.8 Å². The van der Waals surface area contributed by atoms with E-state index in [-0.39, 0.29) is 13.2 Å². The summed E-state index contributed by atoms with van der Waals surface area (Å²) in [5.74, 6) is 2.51. The van der Waals surface area contributed by atoms with Crippen molar-refractivity contribution < 1.29 is 14.6 Å². The Morgan fingerprint density at radius 1 is 1.55 bits per heavy atom. The molecule has 1 heterocycles. The molecule has 1 rings (SSSR count). The third-order valence-corrected chi connectivity index (χ3v) is 3.13. The van der Waals surface area contributed by atoms with Gasteiger partial charge in [0.25, 0.3) is 0 Å². The van der Waals surface area contributed by atoms with E-state index in [1.807, 2.05) is 20.8 Å². The smallest absolute Gasteiger partial charge is 0.410 e. The lowest BCUT2D eigenvalue weighted by molar-refractivity contribution is 0.0266. The van der Waals surface area contributed by atoms with Gasteiger partial charge in [0.15, 0.2) is 0 Å². The molecule has 0 saturated carbocycles. The van der Waals surface area contributed by atoms with Crippen LogP contribution in [0.2, 0.25) is 0 Å². The highest BCUT2D eigenvalue weighted by Gasteiger charge is 2.28. The number of hydrogen-bond donors (Lipinski definition) is 3. The zero-order valence-electron chi connectivity index (χ0n) is 13.5. The average Bonchev–Trinajstić information content (AvgIpc) is 2.43. The molecular formula is C16H25N3O3. The molecular weight excluding hydrogens is 282 g/mol. The maximum absolute atomic E-state index is 12.1. The Labute approximate surface area is 132 Å². The summed E-state index contributed by atoms with van der Waals surface area (Å²) in [4.78, 5) is 13.7. The van der Waals surface area contributed by atoms with Gasteiger partial charge < -0.3 is 25.5 Å². The van der Waals surface area contributed by atoms with Gasteiger partial charge in [0, 0.05) is 42.9 Å². The number of likely N-dealkylation sites (tertiary alicyclic amines) is 1. The van der Waals surface area contributed by atoms with Gasteiger partial charge in [-0.25, -0.2) is 4.79 Å². The Balaban J connectivity index is 2.83. The van der Waals surface area contributed by atoms with Gasteiger partial charge in [-0.1, -0.05) is 0 Å². The number of aliphatic hydroxyl groups excluding tert-OH is 1. The lowest BCUT2D eigenvalue weighted by Gasteiger charge is -2.32. The first-order chi connectivity index (χ1) is 10.3. The summed E-state index contributed by atoms with van der Waals surface area (Å²) in [7, 11) is 0. The second-order valence-electron chi connectivity index (χ2n) is 6.13. The molecule has 1 aliphatic rings. The van der Waals surface area contributed by atoms with Crippen LogP contribution in [0, 0.1) is 17.8 Å². The number of rotatable bonds is 4. The normalized spacial score (nSPS) is 17.8. The minimum Gasteiger partial charge on any atom is -0.444 e. The number of carbonyl (C=O) groups is 1. The Bertz CT molecular complexity index is 498. The van der Waals surface area contributed by atoms with E-state index in [4.69, 9.17) is 16.6 Å². The predicted molar refractivity (Wildman–Crippen MR) is 85.7 cm³/mol. The largest absolute Gasteiger partial charge is 0.444 e. The first-order valence-electron chi connectivity index (χ1n) is 7.34. The van der Waals surface area contributed by atoms with Crippen LogP contribution in [0.25, 0.3) is 0 Å².